The SMILES string of the molecule is Cc1ccc(NC(=O)C(C)N2C(=O)C3C4CC(C3C2=O)C2C(c3ccc(Cl)cc3)c3sc(=O)[nH]c3SC42)cc1. The van der Waals surface area contributed by atoms with E-state index in [0.717, 1.165) is 27.5 Å². The molecular weight excluding hydrogens is 554 g/mol. The summed E-state index contributed by atoms with van der Waals surface area (Å²) in [5.74, 6) is -1.66. The normalized spacial score (nSPS) is 31.2. The van der Waals surface area contributed by atoms with Crippen molar-refractivity contribution in [3.8, 4) is 0 Å². The number of imide groups is 1. The Morgan fingerprint density at radius 1 is 1.03 bits per heavy atom. The molecule has 2 aliphatic carbocycles. The summed E-state index contributed by atoms with van der Waals surface area (Å²) in [6.07, 6.45) is 0.802. The van der Waals surface area contributed by atoms with Crippen molar-refractivity contribution in [3.63, 3.8) is 0 Å². The fourth-order valence-electron chi connectivity index (χ4n) is 7.47. The number of nitrogens with zero attached hydrogens (tertiary/aromatic N) is 1. The number of likely N-dealkylation sites (tertiary alicyclic amines) is 1. The van der Waals surface area contributed by atoms with Crippen molar-refractivity contribution >= 4 is 58.1 Å². The van der Waals surface area contributed by atoms with Crippen LogP contribution >= 0.6 is 34.7 Å². The Hall–Kier alpha value is -2.88. The first-order chi connectivity index (χ1) is 18.7. The van der Waals surface area contributed by atoms with E-state index in [1.54, 1.807) is 18.7 Å². The van der Waals surface area contributed by atoms with E-state index in [-0.39, 0.29) is 51.5 Å². The highest BCUT2D eigenvalue weighted by atomic mass is 35.5. The van der Waals surface area contributed by atoms with Crippen LogP contribution in [0.15, 0.2) is 58.4 Å². The number of aromatic amines is 1. The number of hydrogen-bond donors (Lipinski definition) is 2. The molecule has 8 atom stereocenters. The molecule has 2 aliphatic heterocycles. The molecule has 3 heterocycles. The third kappa shape index (κ3) is 3.77. The Bertz CT molecular complexity index is 1570. The molecule has 0 radical (unpaired) electrons. The maximum atomic E-state index is 13.9. The number of carbonyl (C=O) groups is 3. The van der Waals surface area contributed by atoms with Crippen molar-refractivity contribution in [1.29, 1.82) is 0 Å². The van der Waals surface area contributed by atoms with Gasteiger partial charge in [-0.3, -0.25) is 24.1 Å². The van der Waals surface area contributed by atoms with Crippen LogP contribution in [0.25, 0.3) is 0 Å². The van der Waals surface area contributed by atoms with Gasteiger partial charge in [0.2, 0.25) is 17.7 Å². The first-order valence-corrected chi connectivity index (χ1v) is 15.2. The highest BCUT2D eigenvalue weighted by Gasteiger charge is 2.70. The Morgan fingerprint density at radius 2 is 1.69 bits per heavy atom. The van der Waals surface area contributed by atoms with Crippen LogP contribution in [0.5, 0.6) is 0 Å². The van der Waals surface area contributed by atoms with Crippen molar-refractivity contribution in [2.75, 3.05) is 5.32 Å². The summed E-state index contributed by atoms with van der Waals surface area (Å²) < 4.78 is 0. The number of benzene rings is 2. The monoisotopic (exact) mass is 579 g/mol. The molecule has 3 fully saturated rings. The molecule has 2 N–H and O–H groups in total. The molecule has 7 nitrogen and oxygen atoms in total. The average Bonchev–Trinajstić information content (AvgIpc) is 3.64. The second kappa shape index (κ2) is 9.08. The van der Waals surface area contributed by atoms with E-state index >= 15 is 0 Å². The Morgan fingerprint density at radius 3 is 2.38 bits per heavy atom. The van der Waals surface area contributed by atoms with Crippen LogP contribution in [-0.2, 0) is 14.4 Å². The zero-order valence-electron chi connectivity index (χ0n) is 21.2. The number of fused-ring (bicyclic) bond motifs is 9. The molecule has 2 saturated carbocycles. The minimum Gasteiger partial charge on any atom is -0.324 e. The first kappa shape index (κ1) is 25.1. The maximum absolute atomic E-state index is 13.9. The highest BCUT2D eigenvalue weighted by molar-refractivity contribution is 8.00. The first-order valence-electron chi connectivity index (χ1n) is 13.1. The maximum Gasteiger partial charge on any atom is 0.305 e. The van der Waals surface area contributed by atoms with Gasteiger partial charge in [-0.15, -0.1) is 11.8 Å². The third-order valence-corrected chi connectivity index (χ3v) is 11.9. The van der Waals surface area contributed by atoms with Gasteiger partial charge in [-0.05, 0) is 67.9 Å². The predicted octanol–water partition coefficient (Wildman–Crippen LogP) is 4.90. The summed E-state index contributed by atoms with van der Waals surface area (Å²) in [6, 6.07) is 14.2. The molecule has 4 aliphatic rings. The largest absolute Gasteiger partial charge is 0.324 e. The number of hydrogen-bond acceptors (Lipinski definition) is 6. The topological polar surface area (TPSA) is 99.3 Å². The van der Waals surface area contributed by atoms with Gasteiger partial charge in [0.15, 0.2) is 0 Å². The zero-order chi connectivity index (χ0) is 27.2. The van der Waals surface area contributed by atoms with Gasteiger partial charge in [0.05, 0.1) is 16.9 Å². The Balaban J connectivity index is 1.21. The Labute approximate surface area is 238 Å². The van der Waals surface area contributed by atoms with E-state index in [1.807, 2.05) is 55.5 Å². The number of halogens is 1. The molecule has 2 bridgehead atoms. The van der Waals surface area contributed by atoms with Crippen molar-refractivity contribution in [2.24, 2.45) is 29.6 Å². The number of carbonyl (C=O) groups excluding carboxylic acids is 3. The van der Waals surface area contributed by atoms with E-state index in [2.05, 4.69) is 10.3 Å². The van der Waals surface area contributed by atoms with Crippen LogP contribution in [-0.4, -0.2) is 38.9 Å². The number of rotatable bonds is 4. The molecule has 8 unspecified atom stereocenters. The molecule has 200 valence electrons. The number of thioether (sulfide) groups is 1. The van der Waals surface area contributed by atoms with Crippen LogP contribution < -0.4 is 10.2 Å². The van der Waals surface area contributed by atoms with Crippen molar-refractivity contribution in [1.82, 2.24) is 9.88 Å². The molecular formula is C29H26ClN3O4S2. The van der Waals surface area contributed by atoms with Crippen LogP contribution in [0.3, 0.4) is 0 Å². The second-order valence-corrected chi connectivity index (χ2v) is 13.7. The number of thiazole rings is 1. The van der Waals surface area contributed by atoms with Gasteiger partial charge in [-0.2, -0.15) is 0 Å². The van der Waals surface area contributed by atoms with Crippen LogP contribution in [0.2, 0.25) is 5.02 Å². The van der Waals surface area contributed by atoms with Gasteiger partial charge < -0.3 is 10.3 Å². The molecule has 7 rings (SSSR count). The summed E-state index contributed by atoms with van der Waals surface area (Å²) in [5.41, 5.74) is 2.77. The van der Waals surface area contributed by atoms with E-state index in [0.29, 0.717) is 10.7 Å². The number of H-pyrrole nitrogens is 1. The summed E-state index contributed by atoms with van der Waals surface area (Å²) in [6.45, 7) is 3.59. The molecule has 1 saturated heterocycles. The minimum atomic E-state index is -0.906. The summed E-state index contributed by atoms with van der Waals surface area (Å²) >= 11 is 9.07. The second-order valence-electron chi connectivity index (χ2n) is 11.1. The van der Waals surface area contributed by atoms with E-state index in [1.165, 1.54) is 16.2 Å². The van der Waals surface area contributed by atoms with Crippen LogP contribution in [0, 0.1) is 36.5 Å². The van der Waals surface area contributed by atoms with Crippen molar-refractivity contribution in [3.05, 3.63) is 79.2 Å². The molecule has 3 amide bonds. The lowest BCUT2D eigenvalue weighted by atomic mass is 9.68. The average molecular weight is 580 g/mol. The van der Waals surface area contributed by atoms with E-state index in [4.69, 9.17) is 11.6 Å². The number of anilines is 1. The van der Waals surface area contributed by atoms with Gasteiger partial charge in [-0.25, -0.2) is 0 Å². The predicted molar refractivity (Wildman–Crippen MR) is 151 cm³/mol. The number of nitrogens with one attached hydrogen (secondary N) is 2. The fraction of sp³-hybridized carbons (Fsp3) is 0.379. The number of amides is 3. The smallest absolute Gasteiger partial charge is 0.305 e. The van der Waals surface area contributed by atoms with Crippen molar-refractivity contribution < 1.29 is 14.4 Å². The molecule has 0 spiro atoms. The van der Waals surface area contributed by atoms with Gasteiger partial charge in [-0.1, -0.05) is 52.8 Å². The molecule has 1 aromatic heterocycles. The zero-order valence-corrected chi connectivity index (χ0v) is 23.6. The third-order valence-electron chi connectivity index (χ3n) is 9.07. The lowest BCUT2D eigenvalue weighted by molar-refractivity contribution is -0.146. The molecule has 10 heteroatoms. The number of aromatic nitrogens is 1. The van der Waals surface area contributed by atoms with E-state index < -0.39 is 17.9 Å². The van der Waals surface area contributed by atoms with Gasteiger partial charge in [0.25, 0.3) is 0 Å². The van der Waals surface area contributed by atoms with Crippen LogP contribution in [0.1, 0.15) is 35.3 Å². The quantitative estimate of drug-likeness (QED) is 0.428. The van der Waals surface area contributed by atoms with Crippen molar-refractivity contribution in [2.45, 2.75) is 42.5 Å². The number of aryl methyl sites for hydroxylation is 1. The lowest BCUT2D eigenvalue weighted by Crippen LogP contribution is -2.46. The van der Waals surface area contributed by atoms with E-state index in [9.17, 15) is 19.2 Å². The molecule has 2 aromatic carbocycles. The van der Waals surface area contributed by atoms with Gasteiger partial charge >= 0.3 is 4.87 Å². The fourth-order valence-corrected chi connectivity index (χ4v) is 10.5. The summed E-state index contributed by atoms with van der Waals surface area (Å²) in [5, 5.41) is 4.47. The standard InChI is InChI=1S/C29H26ClN3O4S2/c1-12-3-9-16(10-4-12)31-25(34)13(2)33-27(35)21-17-11-18(22(21)28(33)36)23-20(17)19(14-5-7-15(30)8-6-14)24-26(38-23)32-29(37)39-24/h3-10,13,17-23H,11H2,1-2H3,(H,31,34)(H,32,37). The molecule has 39 heavy (non-hydrogen) atoms. The molecule has 3 aromatic rings. The van der Waals surface area contributed by atoms with Crippen LogP contribution in [0.4, 0.5) is 5.69 Å². The summed E-state index contributed by atoms with van der Waals surface area (Å²) in [7, 11) is 0. The van der Waals surface area contributed by atoms with Gasteiger partial charge in [0.1, 0.15) is 6.04 Å². The Kier molecular flexibility index (Phi) is 5.84. The highest BCUT2D eigenvalue weighted by Crippen LogP contribution is 2.68. The van der Waals surface area contributed by atoms with Gasteiger partial charge in [0, 0.05) is 26.8 Å². The minimum absolute atomic E-state index is 0.00246. The lowest BCUT2D eigenvalue weighted by Gasteiger charge is -2.43. The summed E-state index contributed by atoms with van der Waals surface area (Å²) in [4.78, 5) is 58.3.